The highest BCUT2D eigenvalue weighted by Gasteiger charge is 2.18. The highest BCUT2D eigenvalue weighted by Crippen LogP contribution is 2.32. The monoisotopic (exact) mass is 480 g/mol. The summed E-state index contributed by atoms with van der Waals surface area (Å²) in [5, 5.41) is 19.1. The minimum atomic E-state index is -0.597. The van der Waals surface area contributed by atoms with E-state index in [0.717, 1.165) is 6.07 Å². The van der Waals surface area contributed by atoms with Crippen molar-refractivity contribution in [2.75, 3.05) is 17.7 Å². The molecule has 0 saturated carbocycles. The summed E-state index contributed by atoms with van der Waals surface area (Å²) in [5.74, 6) is -0.818. The molecule has 0 aliphatic rings. The molecule has 0 bridgehead atoms. The van der Waals surface area contributed by atoms with E-state index in [0.29, 0.717) is 17.1 Å². The molecule has 10 heteroatoms. The number of para-hydroxylation sites is 1. The molecule has 0 saturated heterocycles. The molecule has 0 aliphatic carbocycles. The molecule has 2 aromatic carbocycles. The van der Waals surface area contributed by atoms with Gasteiger partial charge in [0.25, 0.3) is 5.91 Å². The largest absolute Gasteiger partial charge is 0.371 e. The molecule has 0 atom stereocenters. The van der Waals surface area contributed by atoms with Crippen LogP contribution in [-0.2, 0) is 0 Å². The molecular weight excluding hydrogens is 466 g/mol. The van der Waals surface area contributed by atoms with E-state index in [1.54, 1.807) is 18.2 Å². The number of carbonyl (C=O) groups excluding carboxylic acids is 1. The van der Waals surface area contributed by atoms with Crippen LogP contribution in [0.1, 0.15) is 16.1 Å². The molecule has 1 amide bonds. The zero-order valence-corrected chi connectivity index (χ0v) is 18.6. The Hall–Kier alpha value is -3.93. The number of pyridine rings is 1. The maximum Gasteiger partial charge on any atom is 0.258 e. The minimum absolute atomic E-state index is 0.0196. The van der Waals surface area contributed by atoms with Gasteiger partial charge in [-0.3, -0.25) is 4.79 Å². The Balaban J connectivity index is 1.72. The summed E-state index contributed by atoms with van der Waals surface area (Å²) in [5.41, 5.74) is 1.70. The molecular formula is C23H15Cl2FN6O. The van der Waals surface area contributed by atoms with E-state index in [-0.39, 0.29) is 32.8 Å². The van der Waals surface area contributed by atoms with E-state index in [2.05, 4.69) is 20.7 Å². The summed E-state index contributed by atoms with van der Waals surface area (Å²) in [6.07, 6.45) is 0. The molecule has 33 heavy (non-hydrogen) atoms. The Labute approximate surface area is 198 Å². The van der Waals surface area contributed by atoms with Gasteiger partial charge in [-0.15, -0.1) is 0 Å². The standard InChI is InChI=1S/C23H15Cl2FN6O/c1-28-22-19(26)11-18(25)21(30-22)13-7-8-17(24)16(9-13)23(33)29-20-10-14(12-27)31-32(20)15-5-3-2-4-6-15/h2-11H,1H3,(H,28,30)(H,29,33). The van der Waals surface area contributed by atoms with Gasteiger partial charge in [-0.05, 0) is 30.3 Å². The smallest absolute Gasteiger partial charge is 0.258 e. The number of aromatic nitrogens is 3. The lowest BCUT2D eigenvalue weighted by Gasteiger charge is -2.12. The molecule has 164 valence electrons. The number of rotatable bonds is 5. The van der Waals surface area contributed by atoms with Gasteiger partial charge in [-0.25, -0.2) is 14.1 Å². The number of amides is 1. The van der Waals surface area contributed by atoms with Crippen molar-refractivity contribution in [3.63, 3.8) is 0 Å². The van der Waals surface area contributed by atoms with Gasteiger partial charge in [0.1, 0.15) is 11.9 Å². The van der Waals surface area contributed by atoms with E-state index in [9.17, 15) is 14.4 Å². The first kappa shape index (κ1) is 22.3. The molecule has 2 aromatic heterocycles. The van der Waals surface area contributed by atoms with Crippen LogP contribution < -0.4 is 10.6 Å². The van der Waals surface area contributed by atoms with Crippen LogP contribution in [0.2, 0.25) is 10.0 Å². The Morgan fingerprint density at radius 3 is 2.55 bits per heavy atom. The van der Waals surface area contributed by atoms with Gasteiger partial charge in [0.05, 0.1) is 27.0 Å². The predicted molar refractivity (Wildman–Crippen MR) is 125 cm³/mol. The Kier molecular flexibility index (Phi) is 6.27. The SMILES string of the molecule is CNc1nc(-c2ccc(Cl)c(C(=O)Nc3cc(C#N)nn3-c3ccccc3)c2)c(Cl)cc1F. The van der Waals surface area contributed by atoms with Crippen LogP contribution in [0.4, 0.5) is 16.0 Å². The molecule has 4 rings (SSSR count). The van der Waals surface area contributed by atoms with Crippen LogP contribution in [-0.4, -0.2) is 27.7 Å². The number of anilines is 2. The van der Waals surface area contributed by atoms with Crippen molar-refractivity contribution >= 4 is 40.7 Å². The fraction of sp³-hybridized carbons (Fsp3) is 0.0435. The maximum absolute atomic E-state index is 13.9. The average Bonchev–Trinajstić information content (AvgIpc) is 3.23. The number of nitriles is 1. The molecule has 2 heterocycles. The second kappa shape index (κ2) is 9.28. The third-order valence-electron chi connectivity index (χ3n) is 4.72. The van der Waals surface area contributed by atoms with Crippen LogP contribution in [0, 0.1) is 17.1 Å². The topological polar surface area (TPSA) is 95.6 Å². The Bertz CT molecular complexity index is 1400. The Morgan fingerprint density at radius 2 is 1.85 bits per heavy atom. The summed E-state index contributed by atoms with van der Waals surface area (Å²) < 4.78 is 15.4. The van der Waals surface area contributed by atoms with Crippen LogP contribution in [0.15, 0.2) is 60.7 Å². The zero-order chi connectivity index (χ0) is 23.5. The van der Waals surface area contributed by atoms with Crippen molar-refractivity contribution in [1.82, 2.24) is 14.8 Å². The second-order valence-corrected chi connectivity index (χ2v) is 7.64. The van der Waals surface area contributed by atoms with Gasteiger partial charge in [0.2, 0.25) is 0 Å². The third kappa shape index (κ3) is 4.51. The van der Waals surface area contributed by atoms with Gasteiger partial charge < -0.3 is 10.6 Å². The molecule has 4 aromatic rings. The van der Waals surface area contributed by atoms with Crippen molar-refractivity contribution in [3.8, 4) is 23.0 Å². The summed E-state index contributed by atoms with van der Waals surface area (Å²) in [6, 6.07) is 18.3. The lowest BCUT2D eigenvalue weighted by atomic mass is 10.1. The first-order valence-corrected chi connectivity index (χ1v) is 10.4. The van der Waals surface area contributed by atoms with E-state index < -0.39 is 11.7 Å². The summed E-state index contributed by atoms with van der Waals surface area (Å²) in [4.78, 5) is 17.3. The molecule has 0 fully saturated rings. The van der Waals surface area contributed by atoms with Crippen molar-refractivity contribution < 1.29 is 9.18 Å². The van der Waals surface area contributed by atoms with Crippen molar-refractivity contribution in [2.24, 2.45) is 0 Å². The van der Waals surface area contributed by atoms with Crippen LogP contribution in [0.3, 0.4) is 0 Å². The quantitative estimate of drug-likeness (QED) is 0.390. The van der Waals surface area contributed by atoms with Crippen molar-refractivity contribution in [1.29, 1.82) is 5.26 Å². The summed E-state index contributed by atoms with van der Waals surface area (Å²) in [7, 11) is 1.54. The fourth-order valence-electron chi connectivity index (χ4n) is 3.17. The van der Waals surface area contributed by atoms with E-state index in [4.69, 9.17) is 23.2 Å². The number of hydrogen-bond donors (Lipinski definition) is 2. The van der Waals surface area contributed by atoms with Crippen LogP contribution in [0.5, 0.6) is 0 Å². The number of carbonyl (C=O) groups is 1. The summed E-state index contributed by atoms with van der Waals surface area (Å²) >= 11 is 12.5. The molecule has 2 N–H and O–H groups in total. The highest BCUT2D eigenvalue weighted by atomic mass is 35.5. The number of halogens is 3. The zero-order valence-electron chi connectivity index (χ0n) is 17.1. The molecule has 0 radical (unpaired) electrons. The van der Waals surface area contributed by atoms with Gasteiger partial charge in [0, 0.05) is 18.7 Å². The highest BCUT2D eigenvalue weighted by molar-refractivity contribution is 6.35. The average molecular weight is 481 g/mol. The Morgan fingerprint density at radius 1 is 1.09 bits per heavy atom. The van der Waals surface area contributed by atoms with Gasteiger partial charge in [0.15, 0.2) is 17.3 Å². The maximum atomic E-state index is 13.9. The third-order valence-corrected chi connectivity index (χ3v) is 5.33. The number of nitrogens with zero attached hydrogens (tertiary/aromatic N) is 4. The van der Waals surface area contributed by atoms with Crippen LogP contribution in [0.25, 0.3) is 16.9 Å². The first-order chi connectivity index (χ1) is 15.9. The van der Waals surface area contributed by atoms with E-state index >= 15 is 0 Å². The fourth-order valence-corrected chi connectivity index (χ4v) is 3.62. The number of benzene rings is 2. The minimum Gasteiger partial charge on any atom is -0.371 e. The van der Waals surface area contributed by atoms with Gasteiger partial charge >= 0.3 is 0 Å². The van der Waals surface area contributed by atoms with Crippen molar-refractivity contribution in [3.05, 3.63) is 87.8 Å². The van der Waals surface area contributed by atoms with Crippen LogP contribution >= 0.6 is 23.2 Å². The van der Waals surface area contributed by atoms with Gasteiger partial charge in [-0.2, -0.15) is 10.4 Å². The van der Waals surface area contributed by atoms with Crippen molar-refractivity contribution in [2.45, 2.75) is 0 Å². The first-order valence-electron chi connectivity index (χ1n) is 9.62. The molecule has 0 aliphatic heterocycles. The van der Waals surface area contributed by atoms with E-state index in [1.165, 1.54) is 29.9 Å². The number of nitrogens with one attached hydrogen (secondary N) is 2. The predicted octanol–water partition coefficient (Wildman–Crippen LogP) is 5.55. The molecule has 0 unspecified atom stereocenters. The van der Waals surface area contributed by atoms with E-state index in [1.807, 2.05) is 24.3 Å². The normalized spacial score (nSPS) is 10.5. The van der Waals surface area contributed by atoms with Gasteiger partial charge in [-0.1, -0.05) is 47.5 Å². The lowest BCUT2D eigenvalue weighted by molar-refractivity contribution is 0.102. The second-order valence-electron chi connectivity index (χ2n) is 6.82. The summed E-state index contributed by atoms with van der Waals surface area (Å²) in [6.45, 7) is 0. The number of hydrogen-bond acceptors (Lipinski definition) is 5. The molecule has 7 nitrogen and oxygen atoms in total. The lowest BCUT2D eigenvalue weighted by Crippen LogP contribution is -2.15. The molecule has 0 spiro atoms.